The van der Waals surface area contributed by atoms with Gasteiger partial charge >= 0.3 is 0 Å². The van der Waals surface area contributed by atoms with Gasteiger partial charge in [-0.1, -0.05) is 43.7 Å². The molecule has 0 saturated carbocycles. The molecule has 0 aliphatic rings. The van der Waals surface area contributed by atoms with Crippen LogP contribution >= 0.6 is 0 Å². The lowest BCUT2D eigenvalue weighted by Crippen LogP contribution is -2.13. The molecule has 4 rings (SSSR count). The number of pyridine rings is 1. The number of aromatic hydroxyl groups is 1. The van der Waals surface area contributed by atoms with Gasteiger partial charge in [-0.25, -0.2) is 4.39 Å². The smallest absolute Gasteiger partial charge is 0.147 e. The number of unbranched alkanes of at least 4 members (excludes halogenated alkanes) is 1. The lowest BCUT2D eigenvalue weighted by Gasteiger charge is -2.23. The molecule has 31 heavy (non-hydrogen) atoms. The van der Waals surface area contributed by atoms with Gasteiger partial charge in [0.2, 0.25) is 0 Å². The molecule has 0 radical (unpaired) electrons. The lowest BCUT2D eigenvalue weighted by molar-refractivity contribution is 0.309. The number of fused-ring (bicyclic) bond motifs is 1. The topological polar surface area (TPSA) is 54.4 Å². The van der Waals surface area contributed by atoms with Gasteiger partial charge in [0, 0.05) is 22.8 Å². The summed E-state index contributed by atoms with van der Waals surface area (Å²) in [6.07, 6.45) is 3.76. The number of ether oxygens (including phenoxy) is 1. The number of hydrogen-bond donors (Lipinski definition) is 2. The number of hydrogen-bond acceptors (Lipinski definition) is 4. The van der Waals surface area contributed by atoms with E-state index in [9.17, 15) is 9.50 Å². The van der Waals surface area contributed by atoms with Crippen LogP contribution in [-0.4, -0.2) is 16.7 Å². The highest BCUT2D eigenvalue weighted by Gasteiger charge is 2.20. The molecule has 1 aromatic heterocycles. The van der Waals surface area contributed by atoms with Crippen LogP contribution in [0.5, 0.6) is 11.5 Å². The summed E-state index contributed by atoms with van der Waals surface area (Å²) in [5, 5.41) is 15.3. The second-order valence-electron chi connectivity index (χ2n) is 7.43. The number of nitrogens with one attached hydrogen (secondary N) is 1. The van der Waals surface area contributed by atoms with Gasteiger partial charge in [-0.15, -0.1) is 0 Å². The molecular formula is C26H25FN2O2. The van der Waals surface area contributed by atoms with Crippen molar-refractivity contribution < 1.29 is 14.2 Å². The summed E-state index contributed by atoms with van der Waals surface area (Å²) in [6, 6.07) is 21.2. The monoisotopic (exact) mass is 416 g/mol. The maximum Gasteiger partial charge on any atom is 0.147 e. The summed E-state index contributed by atoms with van der Waals surface area (Å²) < 4.78 is 19.3. The van der Waals surface area contributed by atoms with Crippen molar-refractivity contribution in [3.05, 3.63) is 95.9 Å². The van der Waals surface area contributed by atoms with Gasteiger partial charge in [-0.3, -0.25) is 4.98 Å². The van der Waals surface area contributed by atoms with Crippen molar-refractivity contribution in [2.75, 3.05) is 11.9 Å². The Kier molecular flexibility index (Phi) is 6.32. The number of aromatic nitrogens is 1. The zero-order valence-corrected chi connectivity index (χ0v) is 17.4. The molecule has 1 heterocycles. The standard InChI is InChI=1S/C26H25FN2O2/c1-2-3-17-31-22-13-11-21(12-14-22)29-24(19-6-9-20(27)10-7-19)23-15-8-18-5-4-16-28-25(18)26(23)30/h4-16,24,29-30H,2-3,17H2,1H3. The van der Waals surface area contributed by atoms with Gasteiger partial charge in [0.15, 0.2) is 0 Å². The number of rotatable bonds is 8. The number of halogens is 1. The molecule has 5 heteroatoms. The van der Waals surface area contributed by atoms with Gasteiger partial charge < -0.3 is 15.2 Å². The first-order valence-electron chi connectivity index (χ1n) is 10.5. The van der Waals surface area contributed by atoms with Crippen molar-refractivity contribution in [3.63, 3.8) is 0 Å². The van der Waals surface area contributed by atoms with E-state index in [0.717, 1.165) is 35.2 Å². The number of nitrogens with zero attached hydrogens (tertiary/aromatic N) is 1. The fraction of sp³-hybridized carbons (Fsp3) is 0.192. The average Bonchev–Trinajstić information content (AvgIpc) is 2.80. The summed E-state index contributed by atoms with van der Waals surface area (Å²) in [5.74, 6) is 0.620. The second-order valence-corrected chi connectivity index (χ2v) is 7.43. The molecule has 0 spiro atoms. The molecule has 0 fully saturated rings. The van der Waals surface area contributed by atoms with Gasteiger partial charge in [-0.05, 0) is 54.4 Å². The van der Waals surface area contributed by atoms with Crippen molar-refractivity contribution in [3.8, 4) is 11.5 Å². The molecule has 2 N–H and O–H groups in total. The zero-order valence-electron chi connectivity index (χ0n) is 17.4. The van der Waals surface area contributed by atoms with Crippen LogP contribution in [0.3, 0.4) is 0 Å². The average molecular weight is 416 g/mol. The first-order valence-corrected chi connectivity index (χ1v) is 10.5. The van der Waals surface area contributed by atoms with Crippen LogP contribution in [0.2, 0.25) is 0 Å². The summed E-state index contributed by atoms with van der Waals surface area (Å²) in [5.41, 5.74) is 2.89. The number of phenolic OH excluding ortho intramolecular Hbond substituents is 1. The maximum absolute atomic E-state index is 13.5. The Morgan fingerprint density at radius 3 is 2.52 bits per heavy atom. The molecule has 0 saturated heterocycles. The van der Waals surface area contributed by atoms with E-state index in [1.807, 2.05) is 48.5 Å². The highest BCUT2D eigenvalue weighted by atomic mass is 19.1. The first-order chi connectivity index (χ1) is 15.2. The van der Waals surface area contributed by atoms with Crippen molar-refractivity contribution in [1.82, 2.24) is 4.98 Å². The van der Waals surface area contributed by atoms with E-state index in [2.05, 4.69) is 17.2 Å². The molecule has 4 nitrogen and oxygen atoms in total. The van der Waals surface area contributed by atoms with Gasteiger partial charge in [0.05, 0.1) is 12.6 Å². The molecule has 0 aliphatic carbocycles. The third-order valence-corrected chi connectivity index (χ3v) is 5.23. The first kappa shape index (κ1) is 20.7. The largest absolute Gasteiger partial charge is 0.505 e. The Balaban J connectivity index is 1.67. The molecule has 3 aromatic carbocycles. The molecule has 4 aromatic rings. The van der Waals surface area contributed by atoms with Crippen molar-refractivity contribution >= 4 is 16.6 Å². The van der Waals surface area contributed by atoms with E-state index < -0.39 is 0 Å². The van der Waals surface area contributed by atoms with E-state index in [1.54, 1.807) is 18.3 Å². The molecule has 158 valence electrons. The van der Waals surface area contributed by atoms with Crippen LogP contribution in [0.4, 0.5) is 10.1 Å². The Morgan fingerprint density at radius 1 is 1.00 bits per heavy atom. The molecule has 0 amide bonds. The Morgan fingerprint density at radius 2 is 1.77 bits per heavy atom. The van der Waals surface area contributed by atoms with Gasteiger partial charge in [0.1, 0.15) is 22.8 Å². The van der Waals surface area contributed by atoms with Crippen LogP contribution in [0.15, 0.2) is 79.0 Å². The van der Waals surface area contributed by atoms with Gasteiger partial charge in [0.25, 0.3) is 0 Å². The predicted octanol–water partition coefficient (Wildman–Crippen LogP) is 6.46. The number of benzene rings is 3. The minimum absolute atomic E-state index is 0.111. The van der Waals surface area contributed by atoms with Crippen LogP contribution < -0.4 is 10.1 Å². The van der Waals surface area contributed by atoms with Gasteiger partial charge in [-0.2, -0.15) is 0 Å². The van der Waals surface area contributed by atoms with E-state index in [0.29, 0.717) is 17.7 Å². The molecule has 0 bridgehead atoms. The highest BCUT2D eigenvalue weighted by Crippen LogP contribution is 2.36. The molecular weight excluding hydrogens is 391 g/mol. The molecule has 1 unspecified atom stereocenters. The zero-order chi connectivity index (χ0) is 21.6. The second kappa shape index (κ2) is 9.47. The van der Waals surface area contributed by atoms with E-state index in [1.165, 1.54) is 12.1 Å². The Bertz CT molecular complexity index is 1140. The number of phenols is 1. The van der Waals surface area contributed by atoms with Crippen molar-refractivity contribution in [1.29, 1.82) is 0 Å². The van der Waals surface area contributed by atoms with Crippen molar-refractivity contribution in [2.24, 2.45) is 0 Å². The fourth-order valence-electron chi connectivity index (χ4n) is 3.52. The van der Waals surface area contributed by atoms with Crippen LogP contribution in [0.1, 0.15) is 36.9 Å². The summed E-state index contributed by atoms with van der Waals surface area (Å²) >= 11 is 0. The minimum atomic E-state index is -0.390. The van der Waals surface area contributed by atoms with E-state index in [-0.39, 0.29) is 17.6 Å². The molecule has 0 aliphatic heterocycles. The highest BCUT2D eigenvalue weighted by molar-refractivity contribution is 5.86. The van der Waals surface area contributed by atoms with Crippen LogP contribution in [0, 0.1) is 5.82 Å². The lowest BCUT2D eigenvalue weighted by atomic mass is 9.96. The SMILES string of the molecule is CCCCOc1ccc(NC(c2ccc(F)cc2)c2ccc3cccnc3c2O)cc1. The van der Waals surface area contributed by atoms with Crippen LogP contribution in [0.25, 0.3) is 10.9 Å². The third kappa shape index (κ3) is 4.77. The predicted molar refractivity (Wildman–Crippen MR) is 122 cm³/mol. The maximum atomic E-state index is 13.5. The summed E-state index contributed by atoms with van der Waals surface area (Å²) in [4.78, 5) is 4.33. The Labute approximate surface area is 181 Å². The van der Waals surface area contributed by atoms with Crippen LogP contribution in [-0.2, 0) is 0 Å². The fourth-order valence-corrected chi connectivity index (χ4v) is 3.52. The van der Waals surface area contributed by atoms with E-state index in [4.69, 9.17) is 4.74 Å². The number of anilines is 1. The quantitative estimate of drug-likeness (QED) is 0.324. The minimum Gasteiger partial charge on any atom is -0.505 e. The Hall–Kier alpha value is -3.60. The van der Waals surface area contributed by atoms with Crippen molar-refractivity contribution in [2.45, 2.75) is 25.8 Å². The summed E-state index contributed by atoms with van der Waals surface area (Å²) in [6.45, 7) is 2.82. The summed E-state index contributed by atoms with van der Waals surface area (Å²) in [7, 11) is 0. The molecule has 1 atom stereocenters. The normalized spacial score (nSPS) is 11.9. The third-order valence-electron chi connectivity index (χ3n) is 5.23. The van der Waals surface area contributed by atoms with E-state index >= 15 is 0 Å².